The van der Waals surface area contributed by atoms with E-state index < -0.39 is 17.6 Å². The summed E-state index contributed by atoms with van der Waals surface area (Å²) in [5, 5.41) is 5.30. The van der Waals surface area contributed by atoms with Gasteiger partial charge >= 0.3 is 6.18 Å². The number of nitrogens with zero attached hydrogens (tertiary/aromatic N) is 1. The average Bonchev–Trinajstić information content (AvgIpc) is 2.88. The molecule has 1 heterocycles. The first-order valence-corrected chi connectivity index (χ1v) is 13.2. The zero-order valence-corrected chi connectivity index (χ0v) is 22.3. The van der Waals surface area contributed by atoms with Gasteiger partial charge in [-0.25, -0.2) is 0 Å². The highest BCUT2D eigenvalue weighted by molar-refractivity contribution is 5.96. The van der Waals surface area contributed by atoms with E-state index in [-0.39, 0.29) is 24.1 Å². The van der Waals surface area contributed by atoms with Crippen LogP contribution in [0.5, 0.6) is 0 Å². The maximum atomic E-state index is 12.9. The lowest BCUT2D eigenvalue weighted by Gasteiger charge is -2.47. The summed E-state index contributed by atoms with van der Waals surface area (Å²) in [7, 11) is 1.72. The van der Waals surface area contributed by atoms with E-state index in [1.807, 2.05) is 6.92 Å². The number of nitrogens with one attached hydrogen (secondary N) is 2. The van der Waals surface area contributed by atoms with E-state index in [9.17, 15) is 22.8 Å². The van der Waals surface area contributed by atoms with Gasteiger partial charge in [0.05, 0.1) is 25.3 Å². The summed E-state index contributed by atoms with van der Waals surface area (Å²) < 4.78 is 44.3. The fraction of sp³-hybridized carbons (Fsp3) is 0.517. The number of hydrogen-bond acceptors (Lipinski definition) is 4. The molecular weight excluding hydrogens is 495 g/mol. The van der Waals surface area contributed by atoms with Gasteiger partial charge in [0.1, 0.15) is 5.76 Å². The minimum Gasteiger partial charge on any atom is -0.496 e. The Morgan fingerprint density at radius 2 is 1.84 bits per heavy atom. The zero-order valence-electron chi connectivity index (χ0n) is 22.3. The maximum Gasteiger partial charge on any atom is 0.416 e. The van der Waals surface area contributed by atoms with Crippen LogP contribution in [0.1, 0.15) is 61.9 Å². The van der Waals surface area contributed by atoms with E-state index in [2.05, 4.69) is 46.8 Å². The molecule has 2 amide bonds. The Hall–Kier alpha value is -3.07. The Kier molecular flexibility index (Phi) is 10.6. The molecule has 9 heteroatoms. The van der Waals surface area contributed by atoms with Gasteiger partial charge < -0.3 is 15.4 Å². The number of ether oxygens (including phenoxy) is 1. The van der Waals surface area contributed by atoms with Crippen molar-refractivity contribution in [1.29, 1.82) is 0 Å². The monoisotopic (exact) mass is 533 g/mol. The molecule has 1 aromatic carbocycles. The molecule has 1 aromatic rings. The van der Waals surface area contributed by atoms with Crippen molar-refractivity contribution in [2.24, 2.45) is 5.92 Å². The third kappa shape index (κ3) is 7.96. The second-order valence-corrected chi connectivity index (χ2v) is 9.82. The molecule has 3 rings (SSSR count). The summed E-state index contributed by atoms with van der Waals surface area (Å²) in [5.74, 6) is 0.315. The molecule has 0 atom stereocenters. The molecule has 2 N–H and O–H groups in total. The summed E-state index contributed by atoms with van der Waals surface area (Å²) >= 11 is 0. The molecule has 6 nitrogen and oxygen atoms in total. The van der Waals surface area contributed by atoms with E-state index >= 15 is 0 Å². The van der Waals surface area contributed by atoms with E-state index in [0.717, 1.165) is 63.1 Å². The smallest absolute Gasteiger partial charge is 0.416 e. The molecule has 0 radical (unpaired) electrons. The van der Waals surface area contributed by atoms with Gasteiger partial charge in [0.2, 0.25) is 5.91 Å². The molecule has 0 aromatic heterocycles. The number of carbonyl (C=O) groups is 2. The van der Waals surface area contributed by atoms with Crippen LogP contribution in [-0.2, 0) is 15.7 Å². The fourth-order valence-electron chi connectivity index (χ4n) is 5.14. The number of hydrogen-bond donors (Lipinski definition) is 2. The van der Waals surface area contributed by atoms with Crippen molar-refractivity contribution in [3.05, 3.63) is 71.0 Å². The normalized spacial score (nSPS) is 21.7. The van der Waals surface area contributed by atoms with E-state index in [4.69, 9.17) is 4.74 Å². The van der Waals surface area contributed by atoms with Crippen molar-refractivity contribution in [2.45, 2.75) is 64.2 Å². The van der Waals surface area contributed by atoms with E-state index in [1.54, 1.807) is 7.11 Å². The Labute approximate surface area is 223 Å². The molecule has 2 aliphatic rings. The lowest BCUT2D eigenvalue weighted by atomic mass is 9.79. The van der Waals surface area contributed by atoms with Crippen molar-refractivity contribution in [2.75, 3.05) is 26.7 Å². The summed E-state index contributed by atoms with van der Waals surface area (Å²) in [6, 6.07) is 4.62. The second-order valence-electron chi connectivity index (χ2n) is 9.82. The van der Waals surface area contributed by atoms with Crippen molar-refractivity contribution in [3.63, 3.8) is 0 Å². The Morgan fingerprint density at radius 3 is 2.45 bits per heavy atom. The maximum absolute atomic E-state index is 12.9. The molecule has 1 saturated heterocycles. The van der Waals surface area contributed by atoms with Gasteiger partial charge in [-0.3, -0.25) is 14.5 Å². The number of likely N-dealkylation sites (tertiary alicyclic amines) is 1. The lowest BCUT2D eigenvalue weighted by molar-refractivity contribution is -0.137. The first-order valence-electron chi connectivity index (χ1n) is 13.2. The van der Waals surface area contributed by atoms with Gasteiger partial charge in [-0.15, -0.1) is 0 Å². The molecular formula is C29H38F3N3O3. The highest BCUT2D eigenvalue weighted by Gasteiger charge is 2.36. The summed E-state index contributed by atoms with van der Waals surface area (Å²) in [5.41, 5.74) is 0.211. The van der Waals surface area contributed by atoms with Crippen LogP contribution < -0.4 is 10.6 Å². The quantitative estimate of drug-likeness (QED) is 0.319. The number of rotatable bonds is 10. The van der Waals surface area contributed by atoms with Gasteiger partial charge in [-0.2, -0.15) is 13.2 Å². The number of allylic oxidation sites excluding steroid dienone is 5. The van der Waals surface area contributed by atoms with Gasteiger partial charge in [0.25, 0.3) is 5.91 Å². The van der Waals surface area contributed by atoms with Crippen LogP contribution >= 0.6 is 0 Å². The second kappa shape index (κ2) is 13.6. The molecule has 1 aliphatic heterocycles. The molecule has 0 spiro atoms. The van der Waals surface area contributed by atoms with Crippen LogP contribution in [0.15, 0.2) is 59.9 Å². The van der Waals surface area contributed by atoms with Crippen molar-refractivity contribution >= 4 is 11.8 Å². The first-order chi connectivity index (χ1) is 18.2. The Morgan fingerprint density at radius 1 is 1.13 bits per heavy atom. The van der Waals surface area contributed by atoms with Gasteiger partial charge in [-0.1, -0.05) is 31.2 Å². The minimum absolute atomic E-state index is 0.00318. The van der Waals surface area contributed by atoms with Crippen molar-refractivity contribution in [1.82, 2.24) is 15.5 Å². The van der Waals surface area contributed by atoms with Crippen LogP contribution in [0, 0.1) is 5.92 Å². The average molecular weight is 534 g/mol. The van der Waals surface area contributed by atoms with Crippen molar-refractivity contribution < 1.29 is 27.5 Å². The van der Waals surface area contributed by atoms with Gasteiger partial charge in [0.15, 0.2) is 0 Å². The Bertz CT molecular complexity index is 1050. The SMILES string of the molecule is CC=CC(=C(C=CCC)OC)C1CCC(N2CC(NC(=O)CNC(=O)c3cccc(C(F)(F)F)c3)C2)CC1. The standard InChI is InChI=1S/C29H38F3N3O3/c1-4-6-11-26(38-3)25(8-5-2)20-12-14-24(15-13-20)35-18-23(19-35)34-27(36)17-33-28(37)21-9-7-10-22(16-21)29(30,31)32/h5-11,16,20,23-24H,4,12-15,17-19H2,1-3H3,(H,33,37)(H,34,36). The number of methoxy groups -OCH3 is 1. The zero-order chi connectivity index (χ0) is 27.7. The number of alkyl halides is 3. The van der Waals surface area contributed by atoms with Crippen LogP contribution in [0.3, 0.4) is 0 Å². The number of amides is 2. The van der Waals surface area contributed by atoms with E-state index in [0.29, 0.717) is 12.0 Å². The summed E-state index contributed by atoms with van der Waals surface area (Å²) in [6.45, 7) is 5.34. The predicted molar refractivity (Wildman–Crippen MR) is 141 cm³/mol. The number of carbonyl (C=O) groups excluding carboxylic acids is 2. The largest absolute Gasteiger partial charge is 0.496 e. The molecule has 208 valence electrons. The lowest BCUT2D eigenvalue weighted by Crippen LogP contribution is -2.63. The van der Waals surface area contributed by atoms with Crippen LogP contribution in [0.4, 0.5) is 13.2 Å². The van der Waals surface area contributed by atoms with Crippen LogP contribution in [0.25, 0.3) is 0 Å². The molecule has 1 aliphatic carbocycles. The molecule has 0 unspecified atom stereocenters. The third-order valence-electron chi connectivity index (χ3n) is 7.15. The fourth-order valence-corrected chi connectivity index (χ4v) is 5.14. The Balaban J connectivity index is 1.42. The molecule has 38 heavy (non-hydrogen) atoms. The minimum atomic E-state index is -4.53. The third-order valence-corrected chi connectivity index (χ3v) is 7.15. The topological polar surface area (TPSA) is 70.7 Å². The molecule has 1 saturated carbocycles. The van der Waals surface area contributed by atoms with Gasteiger partial charge in [0, 0.05) is 24.7 Å². The van der Waals surface area contributed by atoms with Crippen LogP contribution in [0.2, 0.25) is 0 Å². The number of halogens is 3. The van der Waals surface area contributed by atoms with Gasteiger partial charge in [-0.05, 0) is 74.8 Å². The summed E-state index contributed by atoms with van der Waals surface area (Å²) in [6.07, 6.45) is 9.12. The van der Waals surface area contributed by atoms with Crippen LogP contribution in [-0.4, -0.2) is 55.5 Å². The predicted octanol–water partition coefficient (Wildman–Crippen LogP) is 5.24. The summed E-state index contributed by atoms with van der Waals surface area (Å²) in [4.78, 5) is 26.9. The number of benzene rings is 1. The highest BCUT2D eigenvalue weighted by atomic mass is 19.4. The molecule has 0 bridgehead atoms. The van der Waals surface area contributed by atoms with E-state index in [1.165, 1.54) is 17.7 Å². The first kappa shape index (κ1) is 29.5. The van der Waals surface area contributed by atoms with Crippen molar-refractivity contribution in [3.8, 4) is 0 Å². The highest BCUT2D eigenvalue weighted by Crippen LogP contribution is 2.36. The molecule has 2 fully saturated rings.